The number of nitrogens with zero attached hydrogens (tertiary/aromatic N) is 3. The summed E-state index contributed by atoms with van der Waals surface area (Å²) in [6.45, 7) is 5.46. The van der Waals surface area contributed by atoms with E-state index in [4.69, 9.17) is 0 Å². The van der Waals surface area contributed by atoms with Gasteiger partial charge in [-0.05, 0) is 18.4 Å². The molecule has 1 N–H and O–H groups in total. The highest BCUT2D eigenvalue weighted by Gasteiger charge is 2.19. The molecule has 0 saturated heterocycles. The van der Waals surface area contributed by atoms with E-state index in [9.17, 15) is 4.79 Å². The van der Waals surface area contributed by atoms with E-state index in [2.05, 4.69) is 36.3 Å². The van der Waals surface area contributed by atoms with Gasteiger partial charge in [0.15, 0.2) is 0 Å². The van der Waals surface area contributed by atoms with Crippen molar-refractivity contribution in [3.05, 3.63) is 54.1 Å². The maximum atomic E-state index is 12.8. The molecule has 24 heavy (non-hydrogen) atoms. The molecule has 1 aromatic heterocycles. The molecule has 0 radical (unpaired) electrons. The van der Waals surface area contributed by atoms with E-state index in [1.165, 1.54) is 0 Å². The predicted octanol–water partition coefficient (Wildman–Crippen LogP) is 3.88. The third-order valence-electron chi connectivity index (χ3n) is 4.11. The van der Waals surface area contributed by atoms with Gasteiger partial charge in [-0.1, -0.05) is 50.6 Å². The Bertz CT molecular complexity index is 623. The second kappa shape index (κ2) is 9.11. The van der Waals surface area contributed by atoms with Crippen molar-refractivity contribution >= 4 is 6.03 Å². The second-order valence-electron chi connectivity index (χ2n) is 6.08. The number of nitrogens with one attached hydrogen (secondary N) is 1. The van der Waals surface area contributed by atoms with Crippen LogP contribution in [0.1, 0.15) is 50.5 Å². The van der Waals surface area contributed by atoms with Gasteiger partial charge in [0.25, 0.3) is 0 Å². The number of rotatable bonds is 8. The number of urea groups is 1. The van der Waals surface area contributed by atoms with E-state index in [1.54, 1.807) is 6.20 Å². The first-order valence-corrected chi connectivity index (χ1v) is 8.72. The Labute approximate surface area is 144 Å². The minimum atomic E-state index is -0.0258. The van der Waals surface area contributed by atoms with Crippen molar-refractivity contribution in [2.24, 2.45) is 7.05 Å². The van der Waals surface area contributed by atoms with Gasteiger partial charge in [0.2, 0.25) is 0 Å². The quantitative estimate of drug-likeness (QED) is 0.799. The lowest BCUT2D eigenvalue weighted by molar-refractivity contribution is 0.188. The topological polar surface area (TPSA) is 50.2 Å². The van der Waals surface area contributed by atoms with Gasteiger partial charge in [-0.15, -0.1) is 0 Å². The number of hydrogen-bond acceptors (Lipinski definition) is 2. The molecule has 2 aromatic rings. The Morgan fingerprint density at radius 1 is 1.25 bits per heavy atom. The van der Waals surface area contributed by atoms with Gasteiger partial charge in [-0.3, -0.25) is 0 Å². The summed E-state index contributed by atoms with van der Waals surface area (Å²) in [5, 5.41) is 3.20. The molecule has 0 aliphatic heterocycles. The van der Waals surface area contributed by atoms with E-state index >= 15 is 0 Å². The minimum absolute atomic E-state index is 0.0258. The predicted molar refractivity (Wildman–Crippen MR) is 96.5 cm³/mol. The van der Waals surface area contributed by atoms with Crippen LogP contribution in [0.3, 0.4) is 0 Å². The number of aryl methyl sites for hydroxylation is 1. The van der Waals surface area contributed by atoms with Crippen molar-refractivity contribution < 1.29 is 4.79 Å². The van der Waals surface area contributed by atoms with Crippen molar-refractivity contribution in [2.45, 2.75) is 45.7 Å². The van der Waals surface area contributed by atoms with Gasteiger partial charge >= 0.3 is 6.03 Å². The summed E-state index contributed by atoms with van der Waals surface area (Å²) >= 11 is 0. The molecule has 130 valence electrons. The Morgan fingerprint density at radius 3 is 2.58 bits per heavy atom. The maximum absolute atomic E-state index is 12.8. The average molecular weight is 328 g/mol. The molecule has 0 unspecified atom stereocenters. The van der Waals surface area contributed by atoms with Crippen molar-refractivity contribution in [1.82, 2.24) is 19.8 Å². The number of carbonyl (C=O) groups is 1. The van der Waals surface area contributed by atoms with Gasteiger partial charge in [0.1, 0.15) is 5.82 Å². The molecule has 2 rings (SSSR count). The zero-order valence-electron chi connectivity index (χ0n) is 14.9. The third kappa shape index (κ3) is 4.85. The molecular formula is C19H28N4O. The van der Waals surface area contributed by atoms with Gasteiger partial charge in [-0.2, -0.15) is 0 Å². The largest absolute Gasteiger partial charge is 0.337 e. The van der Waals surface area contributed by atoms with Crippen LogP contribution in [0, 0.1) is 0 Å². The maximum Gasteiger partial charge on any atom is 0.318 e. The van der Waals surface area contributed by atoms with Crippen LogP contribution in [0.2, 0.25) is 0 Å². The highest BCUT2D eigenvalue weighted by molar-refractivity contribution is 5.74. The molecule has 1 aromatic carbocycles. The van der Waals surface area contributed by atoms with Crippen LogP contribution in [0.15, 0.2) is 42.7 Å². The zero-order valence-corrected chi connectivity index (χ0v) is 14.9. The second-order valence-corrected chi connectivity index (χ2v) is 6.08. The highest BCUT2D eigenvalue weighted by atomic mass is 16.2. The number of aromatic nitrogens is 2. The first kappa shape index (κ1) is 18.0. The van der Waals surface area contributed by atoms with E-state index in [0.29, 0.717) is 13.1 Å². The number of imidazole rings is 1. The molecule has 0 aliphatic rings. The van der Waals surface area contributed by atoms with Crippen molar-refractivity contribution in [3.8, 4) is 0 Å². The molecule has 5 nitrogen and oxygen atoms in total. The van der Waals surface area contributed by atoms with Gasteiger partial charge in [0, 0.05) is 26.0 Å². The summed E-state index contributed by atoms with van der Waals surface area (Å²) in [6, 6.07) is 10.2. The van der Waals surface area contributed by atoms with Gasteiger partial charge < -0.3 is 14.8 Å². The minimum Gasteiger partial charge on any atom is -0.337 e. The Balaban J connectivity index is 2.08. The SMILES string of the molecule is CCC[C@H](NC(=O)N(CCC)Cc1nccn1C)c1ccccc1. The number of benzene rings is 1. The molecule has 0 fully saturated rings. The first-order valence-electron chi connectivity index (χ1n) is 8.72. The Kier molecular flexibility index (Phi) is 6.85. The molecule has 1 atom stereocenters. The molecular weight excluding hydrogens is 300 g/mol. The van der Waals surface area contributed by atoms with Gasteiger partial charge in [0.05, 0.1) is 12.6 Å². The number of carbonyl (C=O) groups excluding carboxylic acids is 1. The highest BCUT2D eigenvalue weighted by Crippen LogP contribution is 2.18. The van der Waals surface area contributed by atoms with Crippen LogP contribution in [-0.2, 0) is 13.6 Å². The lowest BCUT2D eigenvalue weighted by Gasteiger charge is -2.26. The molecule has 2 amide bonds. The summed E-state index contributed by atoms with van der Waals surface area (Å²) in [4.78, 5) is 19.0. The van der Waals surface area contributed by atoms with E-state index in [0.717, 1.165) is 30.7 Å². The van der Waals surface area contributed by atoms with Crippen LogP contribution in [0.5, 0.6) is 0 Å². The van der Waals surface area contributed by atoms with Crippen LogP contribution in [-0.4, -0.2) is 27.0 Å². The smallest absolute Gasteiger partial charge is 0.318 e. The van der Waals surface area contributed by atoms with Crippen LogP contribution >= 0.6 is 0 Å². The molecule has 0 saturated carbocycles. The fourth-order valence-electron chi connectivity index (χ4n) is 2.78. The fraction of sp³-hybridized carbons (Fsp3) is 0.474. The zero-order chi connectivity index (χ0) is 17.4. The molecule has 0 bridgehead atoms. The standard InChI is InChI=1S/C19H28N4O/c1-4-9-17(16-10-7-6-8-11-16)21-19(24)23(13-5-2)15-18-20-12-14-22(18)3/h6-8,10-12,14,17H,4-5,9,13,15H2,1-3H3,(H,21,24)/t17-/m0/s1. The number of amides is 2. The number of hydrogen-bond donors (Lipinski definition) is 1. The molecule has 1 heterocycles. The normalized spacial score (nSPS) is 12.0. The lowest BCUT2D eigenvalue weighted by atomic mass is 10.0. The van der Waals surface area contributed by atoms with E-state index < -0.39 is 0 Å². The summed E-state index contributed by atoms with van der Waals surface area (Å²) < 4.78 is 1.96. The summed E-state index contributed by atoms with van der Waals surface area (Å²) in [7, 11) is 1.95. The molecule has 5 heteroatoms. The van der Waals surface area contributed by atoms with Crippen LogP contribution < -0.4 is 5.32 Å². The van der Waals surface area contributed by atoms with Crippen LogP contribution in [0.4, 0.5) is 4.79 Å². The Morgan fingerprint density at radius 2 is 2.00 bits per heavy atom. The van der Waals surface area contributed by atoms with Gasteiger partial charge in [-0.25, -0.2) is 9.78 Å². The molecule has 0 aliphatic carbocycles. The molecule has 0 spiro atoms. The summed E-state index contributed by atoms with van der Waals surface area (Å²) in [6.07, 6.45) is 6.54. The summed E-state index contributed by atoms with van der Waals surface area (Å²) in [5.41, 5.74) is 1.15. The Hall–Kier alpha value is -2.30. The third-order valence-corrected chi connectivity index (χ3v) is 4.11. The average Bonchev–Trinajstić information content (AvgIpc) is 2.99. The van der Waals surface area contributed by atoms with Crippen molar-refractivity contribution in [1.29, 1.82) is 0 Å². The van der Waals surface area contributed by atoms with Crippen molar-refractivity contribution in [2.75, 3.05) is 6.54 Å². The lowest BCUT2D eigenvalue weighted by Crippen LogP contribution is -2.42. The monoisotopic (exact) mass is 328 g/mol. The van der Waals surface area contributed by atoms with E-state index in [1.807, 2.05) is 40.9 Å². The van der Waals surface area contributed by atoms with E-state index in [-0.39, 0.29) is 12.1 Å². The van der Waals surface area contributed by atoms with Crippen molar-refractivity contribution in [3.63, 3.8) is 0 Å². The first-order chi connectivity index (χ1) is 11.7. The van der Waals surface area contributed by atoms with Crippen LogP contribution in [0.25, 0.3) is 0 Å². The fourth-order valence-corrected chi connectivity index (χ4v) is 2.78. The summed E-state index contributed by atoms with van der Waals surface area (Å²) in [5.74, 6) is 0.894.